The molecule has 9 heavy (non-hydrogen) atoms. The van der Waals surface area contributed by atoms with Gasteiger partial charge < -0.3 is 0 Å². The normalized spacial score (nSPS) is 9.44. The molecule has 2 nitrogen and oxygen atoms in total. The van der Waals surface area contributed by atoms with Crippen LogP contribution in [0.2, 0.25) is 0 Å². The summed E-state index contributed by atoms with van der Waals surface area (Å²) in [7, 11) is 0. The maximum Gasteiger partial charge on any atom is 0.284 e. The molecule has 0 unspecified atom stereocenters. The molecular weight excluding hydrogens is 152 g/mol. The van der Waals surface area contributed by atoms with Crippen LogP contribution in [0.3, 0.4) is 0 Å². The minimum absolute atomic E-state index is 0.980. The van der Waals surface area contributed by atoms with Crippen molar-refractivity contribution in [1.29, 1.82) is 0 Å². The van der Waals surface area contributed by atoms with Gasteiger partial charge in [0.05, 0.1) is 5.49 Å². The molecule has 0 aliphatic heterocycles. The number of thiocarbonyl (C=S) groups is 1. The monoisotopic (exact) mass is 161 g/mol. The number of rotatable bonds is 4. The van der Waals surface area contributed by atoms with E-state index in [1.165, 1.54) is 17.6 Å². The zero-order chi connectivity index (χ0) is 7.11. The van der Waals surface area contributed by atoms with Crippen molar-refractivity contribution < 1.29 is 4.40 Å². The summed E-state index contributed by atoms with van der Waals surface area (Å²) in [5.74, 6) is 0. The van der Waals surface area contributed by atoms with Gasteiger partial charge in [0.25, 0.3) is 12.1 Å². The van der Waals surface area contributed by atoms with Crippen molar-refractivity contribution in [3.63, 3.8) is 0 Å². The van der Waals surface area contributed by atoms with Crippen molar-refractivity contribution >= 4 is 36.1 Å². The summed E-state index contributed by atoms with van der Waals surface area (Å²) in [5, 5.41) is 0. The molecule has 0 rings (SSSR count). The molecule has 0 radical (unpaired) electrons. The Labute approximate surface area is 64.7 Å². The van der Waals surface area contributed by atoms with Crippen molar-refractivity contribution in [3.8, 4) is 0 Å². The van der Waals surface area contributed by atoms with E-state index in [2.05, 4.69) is 27.9 Å². The molecule has 0 aromatic carbocycles. The van der Waals surface area contributed by atoms with Crippen LogP contribution < -0.4 is 9.12 Å². The van der Waals surface area contributed by atoms with E-state index in [9.17, 15) is 0 Å². The molecular formula is C5H9N2S2+. The lowest BCUT2D eigenvalue weighted by Crippen LogP contribution is -2.61. The third-order valence-electron chi connectivity index (χ3n) is 0.471. The third kappa shape index (κ3) is 7.65. The van der Waals surface area contributed by atoms with E-state index in [1.54, 1.807) is 6.21 Å². The maximum absolute atomic E-state index is 4.50. The van der Waals surface area contributed by atoms with Crippen molar-refractivity contribution in [1.82, 2.24) is 4.72 Å². The van der Waals surface area contributed by atoms with Gasteiger partial charge in [-0.15, -0.1) is 0 Å². The summed E-state index contributed by atoms with van der Waals surface area (Å²) in [4.78, 5) is 0. The number of allylic oxidation sites excluding steroid dienone is 1. The molecule has 0 aromatic rings. The van der Waals surface area contributed by atoms with Crippen LogP contribution in [0.25, 0.3) is 0 Å². The Bertz CT molecular complexity index is 131. The number of nitrogens with one attached hydrogen (secondary N) is 2. The highest BCUT2D eigenvalue weighted by Gasteiger charge is 1.82. The van der Waals surface area contributed by atoms with Crippen LogP contribution in [-0.4, -0.2) is 11.7 Å². The van der Waals surface area contributed by atoms with Crippen molar-refractivity contribution in [2.75, 3.05) is 0 Å². The van der Waals surface area contributed by atoms with Gasteiger partial charge in [0, 0.05) is 5.57 Å². The molecule has 0 bridgehead atoms. The molecule has 0 aromatic heterocycles. The lowest BCUT2D eigenvalue weighted by molar-refractivity contribution is -0.237. The minimum atomic E-state index is 0.980. The van der Waals surface area contributed by atoms with Crippen molar-refractivity contribution in [2.45, 2.75) is 6.92 Å². The molecule has 0 amide bonds. The van der Waals surface area contributed by atoms with Crippen LogP contribution in [0.15, 0.2) is 12.2 Å². The van der Waals surface area contributed by atoms with Crippen LogP contribution in [0.4, 0.5) is 0 Å². The molecule has 0 fully saturated rings. The highest BCUT2D eigenvalue weighted by atomic mass is 32.2. The lowest BCUT2D eigenvalue weighted by atomic mass is 10.4. The Morgan fingerprint density at radius 1 is 1.89 bits per heavy atom. The minimum Gasteiger partial charge on any atom is -0.269 e. The fourth-order valence-electron chi connectivity index (χ4n) is 0.188. The zero-order valence-electron chi connectivity index (χ0n) is 5.18. The molecule has 0 heterocycles. The lowest BCUT2D eigenvalue weighted by Gasteiger charge is -1.79. The molecule has 0 atom stereocenters. The van der Waals surface area contributed by atoms with Crippen LogP contribution in [0, 0.1) is 0 Å². The van der Waals surface area contributed by atoms with Gasteiger partial charge in [-0.3, -0.25) is 4.72 Å². The van der Waals surface area contributed by atoms with E-state index in [0.29, 0.717) is 0 Å². The zero-order valence-corrected chi connectivity index (χ0v) is 6.81. The van der Waals surface area contributed by atoms with E-state index < -0.39 is 0 Å². The molecule has 50 valence electrons. The topological polar surface area (TPSA) is 26.0 Å². The number of hydrogen-bond acceptors (Lipinski definition) is 2. The van der Waals surface area contributed by atoms with Gasteiger partial charge in [0.1, 0.15) is 0 Å². The van der Waals surface area contributed by atoms with Crippen molar-refractivity contribution in [2.24, 2.45) is 0 Å². The Kier molecular flexibility index (Phi) is 5.56. The summed E-state index contributed by atoms with van der Waals surface area (Å²) in [6, 6.07) is 0. The quantitative estimate of drug-likeness (QED) is 0.259. The fourth-order valence-corrected chi connectivity index (χ4v) is 0.709. The third-order valence-corrected chi connectivity index (χ3v) is 1.21. The second-order valence-electron chi connectivity index (χ2n) is 1.45. The Balaban J connectivity index is 3.24. The number of hydrogen-bond donors (Lipinski definition) is 2. The van der Waals surface area contributed by atoms with Gasteiger partial charge in [-0.05, 0) is 6.92 Å². The first-order chi connectivity index (χ1) is 4.27. The van der Waals surface area contributed by atoms with E-state index in [4.69, 9.17) is 0 Å². The summed E-state index contributed by atoms with van der Waals surface area (Å²) >= 11 is 5.80. The van der Waals surface area contributed by atoms with E-state index in [1.807, 2.05) is 6.92 Å². The van der Waals surface area contributed by atoms with Gasteiger partial charge in [-0.25, -0.2) is 0 Å². The molecule has 0 saturated heterocycles. The van der Waals surface area contributed by atoms with E-state index >= 15 is 0 Å². The molecule has 0 aliphatic carbocycles. The molecule has 0 spiro atoms. The smallest absolute Gasteiger partial charge is 0.269 e. The predicted octanol–water partition coefficient (Wildman–Crippen LogP) is -0.176. The first-order valence-corrected chi connectivity index (χ1v) is 3.65. The van der Waals surface area contributed by atoms with E-state index in [-0.39, 0.29) is 0 Å². The average molecular weight is 161 g/mol. The summed E-state index contributed by atoms with van der Waals surface area (Å²) in [6.07, 6.45) is 1.79. The van der Waals surface area contributed by atoms with Gasteiger partial charge in [-0.2, -0.15) is 4.40 Å². The maximum atomic E-state index is 4.50. The van der Waals surface area contributed by atoms with Crippen LogP contribution >= 0.6 is 24.4 Å². The second-order valence-corrected chi connectivity index (χ2v) is 2.36. The summed E-state index contributed by atoms with van der Waals surface area (Å²) < 4.78 is 5.60. The highest BCUT2D eigenvalue weighted by Crippen LogP contribution is 1.71. The molecule has 4 heteroatoms. The molecule has 2 N–H and O–H groups in total. The largest absolute Gasteiger partial charge is 0.284 e. The Morgan fingerprint density at radius 3 is 3.00 bits per heavy atom. The van der Waals surface area contributed by atoms with Crippen LogP contribution in [0.5, 0.6) is 0 Å². The van der Waals surface area contributed by atoms with Crippen molar-refractivity contribution in [3.05, 3.63) is 12.2 Å². The summed E-state index contributed by atoms with van der Waals surface area (Å²) in [6.45, 7) is 5.57. The molecule has 0 saturated carbocycles. The predicted molar refractivity (Wildman–Crippen MR) is 46.2 cm³/mol. The fraction of sp³-hybridized carbons (Fsp3) is 0.200. The van der Waals surface area contributed by atoms with Gasteiger partial charge in [0.2, 0.25) is 0 Å². The average Bonchev–Trinajstić information content (AvgIpc) is 1.80. The SMILES string of the molecule is C=C(C)C=[NH+]SNC=S. The standard InChI is InChI=1S/C5H8N2S2/c1-5(2)3-6-9-7-4-8/h3-4H,1H2,2H3,(H,7,8)/p+1. The van der Waals surface area contributed by atoms with Gasteiger partial charge in [0.15, 0.2) is 6.21 Å². The highest BCUT2D eigenvalue weighted by molar-refractivity contribution is 7.92. The van der Waals surface area contributed by atoms with Gasteiger partial charge in [-0.1, -0.05) is 18.8 Å². The van der Waals surface area contributed by atoms with Gasteiger partial charge >= 0.3 is 0 Å². The van der Waals surface area contributed by atoms with Crippen LogP contribution in [-0.2, 0) is 0 Å². The first kappa shape index (κ1) is 8.65. The van der Waals surface area contributed by atoms with E-state index in [0.717, 1.165) is 5.57 Å². The Hall–Kier alpha value is -0.350. The molecule has 0 aliphatic rings. The van der Waals surface area contributed by atoms with Crippen LogP contribution in [0.1, 0.15) is 6.92 Å². The Morgan fingerprint density at radius 2 is 2.56 bits per heavy atom. The summed E-state index contributed by atoms with van der Waals surface area (Å²) in [5.41, 5.74) is 2.41. The first-order valence-electron chi connectivity index (χ1n) is 2.36. The second kappa shape index (κ2) is 5.78.